The van der Waals surface area contributed by atoms with Crippen molar-refractivity contribution in [3.63, 3.8) is 0 Å². The number of hydrogen-bond acceptors (Lipinski definition) is 4. The Kier molecular flexibility index (Phi) is 5.42. The van der Waals surface area contributed by atoms with Crippen LogP contribution < -0.4 is 15.4 Å². The molecule has 0 spiro atoms. The lowest BCUT2D eigenvalue weighted by Gasteiger charge is -2.11. The molecule has 0 bridgehead atoms. The zero-order chi connectivity index (χ0) is 20.1. The Labute approximate surface area is 168 Å². The van der Waals surface area contributed by atoms with Gasteiger partial charge in [0.15, 0.2) is 0 Å². The molecule has 0 aliphatic heterocycles. The van der Waals surface area contributed by atoms with Crippen LogP contribution in [0.25, 0.3) is 10.9 Å². The van der Waals surface area contributed by atoms with Crippen LogP contribution in [-0.2, 0) is 6.42 Å². The number of anilines is 2. The van der Waals surface area contributed by atoms with Gasteiger partial charge in [-0.3, -0.25) is 9.78 Å². The summed E-state index contributed by atoms with van der Waals surface area (Å²) in [7, 11) is 1.62. The summed E-state index contributed by atoms with van der Waals surface area (Å²) in [5.41, 5.74) is 4.24. The predicted octanol–water partition coefficient (Wildman–Crippen LogP) is 4.29. The third kappa shape index (κ3) is 4.21. The van der Waals surface area contributed by atoms with Crippen LogP contribution in [0.1, 0.15) is 16.1 Å². The van der Waals surface area contributed by atoms with Crippen LogP contribution in [0, 0.1) is 0 Å². The summed E-state index contributed by atoms with van der Waals surface area (Å²) in [6.07, 6.45) is 4.36. The Bertz CT molecular complexity index is 1140. The number of H-pyrrole nitrogens is 1. The topological polar surface area (TPSA) is 79.0 Å². The molecule has 146 valence electrons. The summed E-state index contributed by atoms with van der Waals surface area (Å²) in [6, 6.07) is 19.3. The second-order valence-corrected chi connectivity index (χ2v) is 6.62. The van der Waals surface area contributed by atoms with Crippen molar-refractivity contribution in [3.8, 4) is 5.75 Å². The number of rotatable bonds is 7. The average molecular weight is 386 g/mol. The number of aromatic amines is 1. The van der Waals surface area contributed by atoms with Crippen LogP contribution in [0.3, 0.4) is 0 Å². The molecule has 0 aliphatic rings. The lowest BCUT2D eigenvalue weighted by molar-refractivity contribution is 0.0949. The first kappa shape index (κ1) is 18.6. The Hall–Kier alpha value is -3.80. The van der Waals surface area contributed by atoms with Gasteiger partial charge in [0.1, 0.15) is 11.4 Å². The molecule has 0 atom stereocenters. The second-order valence-electron chi connectivity index (χ2n) is 6.62. The third-order valence-electron chi connectivity index (χ3n) is 4.73. The van der Waals surface area contributed by atoms with Crippen molar-refractivity contribution < 1.29 is 9.53 Å². The molecule has 0 saturated heterocycles. The van der Waals surface area contributed by atoms with E-state index >= 15 is 0 Å². The first-order valence-corrected chi connectivity index (χ1v) is 9.44. The van der Waals surface area contributed by atoms with Crippen molar-refractivity contribution in [3.05, 3.63) is 84.3 Å². The van der Waals surface area contributed by atoms with Gasteiger partial charge in [-0.2, -0.15) is 0 Å². The zero-order valence-electron chi connectivity index (χ0n) is 16.1. The van der Waals surface area contributed by atoms with Crippen LogP contribution in [0.2, 0.25) is 0 Å². The largest absolute Gasteiger partial charge is 0.495 e. The van der Waals surface area contributed by atoms with Gasteiger partial charge in [0.25, 0.3) is 5.91 Å². The molecule has 1 amide bonds. The number of benzene rings is 2. The van der Waals surface area contributed by atoms with Gasteiger partial charge in [-0.05, 0) is 42.3 Å². The molecule has 2 aromatic heterocycles. The van der Waals surface area contributed by atoms with Crippen LogP contribution in [0.4, 0.5) is 11.4 Å². The highest BCUT2D eigenvalue weighted by molar-refractivity contribution is 5.93. The maximum atomic E-state index is 12.5. The van der Waals surface area contributed by atoms with Crippen molar-refractivity contribution in [2.45, 2.75) is 6.42 Å². The molecule has 0 saturated carbocycles. The fraction of sp³-hybridized carbons (Fsp3) is 0.130. The van der Waals surface area contributed by atoms with Crippen LogP contribution in [0.15, 0.2) is 73.1 Å². The molecule has 4 aromatic rings. The van der Waals surface area contributed by atoms with Crippen molar-refractivity contribution in [1.29, 1.82) is 0 Å². The number of amides is 1. The molecule has 6 nitrogen and oxygen atoms in total. The number of nitrogens with zero attached hydrogens (tertiary/aromatic N) is 1. The number of carbonyl (C=O) groups excluding carboxylic acids is 1. The molecule has 6 heteroatoms. The maximum absolute atomic E-state index is 12.5. The Morgan fingerprint density at radius 3 is 2.83 bits per heavy atom. The second kappa shape index (κ2) is 8.48. The van der Waals surface area contributed by atoms with Crippen molar-refractivity contribution in [1.82, 2.24) is 15.3 Å². The van der Waals surface area contributed by atoms with E-state index < -0.39 is 0 Å². The number of fused-ring (bicyclic) bond motifs is 1. The number of hydrogen-bond donors (Lipinski definition) is 3. The Morgan fingerprint density at radius 2 is 1.93 bits per heavy atom. The van der Waals surface area contributed by atoms with E-state index in [2.05, 4.69) is 26.7 Å². The smallest absolute Gasteiger partial charge is 0.269 e. The summed E-state index contributed by atoms with van der Waals surface area (Å²) in [6.45, 7) is 0.534. The SMILES string of the molecule is COc1ccccc1Nc1ccnc(C(=O)NCCc2c[nH]c3ccccc23)c1. The number of para-hydroxylation sites is 3. The fourth-order valence-electron chi connectivity index (χ4n) is 3.28. The van der Waals surface area contributed by atoms with Gasteiger partial charge < -0.3 is 20.4 Å². The Morgan fingerprint density at radius 1 is 1.10 bits per heavy atom. The molecule has 3 N–H and O–H groups in total. The third-order valence-corrected chi connectivity index (χ3v) is 4.73. The minimum absolute atomic E-state index is 0.200. The van der Waals surface area contributed by atoms with Gasteiger partial charge in [-0.25, -0.2) is 0 Å². The highest BCUT2D eigenvalue weighted by Crippen LogP contribution is 2.27. The lowest BCUT2D eigenvalue weighted by Crippen LogP contribution is -2.26. The maximum Gasteiger partial charge on any atom is 0.269 e. The van der Waals surface area contributed by atoms with E-state index in [1.54, 1.807) is 19.4 Å². The van der Waals surface area contributed by atoms with Gasteiger partial charge in [0.2, 0.25) is 0 Å². The van der Waals surface area contributed by atoms with E-state index in [1.165, 1.54) is 10.9 Å². The summed E-state index contributed by atoms with van der Waals surface area (Å²) >= 11 is 0. The van der Waals surface area contributed by atoms with Gasteiger partial charge >= 0.3 is 0 Å². The quantitative estimate of drug-likeness (QED) is 0.443. The zero-order valence-corrected chi connectivity index (χ0v) is 16.1. The van der Waals surface area contributed by atoms with Crippen LogP contribution in [0.5, 0.6) is 5.75 Å². The summed E-state index contributed by atoms with van der Waals surface area (Å²) in [5, 5.41) is 7.40. The lowest BCUT2D eigenvalue weighted by atomic mass is 10.1. The molecule has 29 heavy (non-hydrogen) atoms. The minimum Gasteiger partial charge on any atom is -0.495 e. The van der Waals surface area contributed by atoms with Crippen LogP contribution >= 0.6 is 0 Å². The Balaban J connectivity index is 1.39. The van der Waals surface area contributed by atoms with Crippen molar-refractivity contribution >= 4 is 28.2 Å². The number of aromatic nitrogens is 2. The van der Waals surface area contributed by atoms with Gasteiger partial charge in [0.05, 0.1) is 12.8 Å². The van der Waals surface area contributed by atoms with Crippen LogP contribution in [-0.4, -0.2) is 29.5 Å². The molecule has 0 aliphatic carbocycles. The van der Waals surface area contributed by atoms with Gasteiger partial charge in [0, 0.05) is 35.5 Å². The number of nitrogens with one attached hydrogen (secondary N) is 3. The molecule has 0 unspecified atom stereocenters. The average Bonchev–Trinajstić information content (AvgIpc) is 3.17. The number of carbonyl (C=O) groups is 1. The fourth-order valence-corrected chi connectivity index (χ4v) is 3.28. The first-order chi connectivity index (χ1) is 14.2. The molecular weight excluding hydrogens is 364 g/mol. The number of ether oxygens (including phenoxy) is 1. The van der Waals surface area contributed by atoms with E-state index in [-0.39, 0.29) is 5.91 Å². The normalized spacial score (nSPS) is 10.7. The molecule has 4 rings (SSSR count). The van der Waals surface area contributed by atoms with E-state index in [0.717, 1.165) is 29.1 Å². The molecule has 2 aromatic carbocycles. The summed E-state index contributed by atoms with van der Waals surface area (Å²) in [4.78, 5) is 20.0. The molecular formula is C23H22N4O2. The number of pyridine rings is 1. The summed E-state index contributed by atoms with van der Waals surface area (Å²) in [5.74, 6) is 0.530. The van der Waals surface area contributed by atoms with Gasteiger partial charge in [-0.15, -0.1) is 0 Å². The number of methoxy groups -OCH3 is 1. The first-order valence-electron chi connectivity index (χ1n) is 9.44. The van der Waals surface area contributed by atoms with E-state index in [4.69, 9.17) is 4.74 Å². The summed E-state index contributed by atoms with van der Waals surface area (Å²) < 4.78 is 5.35. The van der Waals surface area contributed by atoms with Crippen molar-refractivity contribution in [2.75, 3.05) is 19.0 Å². The van der Waals surface area contributed by atoms with E-state index in [1.807, 2.05) is 54.7 Å². The predicted molar refractivity (Wildman–Crippen MR) is 115 cm³/mol. The van der Waals surface area contributed by atoms with E-state index in [0.29, 0.717) is 12.2 Å². The standard InChI is InChI=1S/C23H22N4O2/c1-29-22-9-5-4-8-20(22)27-17-11-13-24-21(14-17)23(28)25-12-10-16-15-26-19-7-3-2-6-18(16)19/h2-9,11,13-15,26H,10,12H2,1H3,(H,24,27)(H,25,28). The monoisotopic (exact) mass is 386 g/mol. The molecule has 0 fully saturated rings. The highest BCUT2D eigenvalue weighted by Gasteiger charge is 2.10. The minimum atomic E-state index is -0.200. The molecule has 2 heterocycles. The van der Waals surface area contributed by atoms with E-state index in [9.17, 15) is 4.79 Å². The van der Waals surface area contributed by atoms with Crippen molar-refractivity contribution in [2.24, 2.45) is 0 Å². The molecule has 0 radical (unpaired) electrons. The highest BCUT2D eigenvalue weighted by atomic mass is 16.5. The van der Waals surface area contributed by atoms with Gasteiger partial charge in [-0.1, -0.05) is 30.3 Å².